The predicted molar refractivity (Wildman–Crippen MR) is 75.6 cm³/mol. The summed E-state index contributed by atoms with van der Waals surface area (Å²) in [6.45, 7) is 5.97. The number of aromatic nitrogens is 1. The first-order chi connectivity index (χ1) is 9.11. The maximum atomic E-state index is 11.7. The number of ether oxygens (including phenoxy) is 1. The van der Waals surface area contributed by atoms with Gasteiger partial charge in [0.1, 0.15) is 5.15 Å². The molecular weight excluding hydrogens is 264 g/mol. The monoisotopic (exact) mass is 282 g/mol. The molecular formula is C14H19ClN2O2. The zero-order chi connectivity index (χ0) is 13.8. The van der Waals surface area contributed by atoms with Crippen LogP contribution in [0.2, 0.25) is 5.15 Å². The summed E-state index contributed by atoms with van der Waals surface area (Å²) in [6.07, 6.45) is 1.67. The minimum atomic E-state index is -0.0619. The molecule has 0 aromatic carbocycles. The third-order valence-electron chi connectivity index (χ3n) is 3.48. The van der Waals surface area contributed by atoms with Gasteiger partial charge in [0.2, 0.25) is 0 Å². The lowest BCUT2D eigenvalue weighted by atomic mass is 9.96. The zero-order valence-corrected chi connectivity index (χ0v) is 12.1. The Hall–Kier alpha value is -1.29. The van der Waals surface area contributed by atoms with E-state index in [1.165, 1.54) is 0 Å². The lowest BCUT2D eigenvalue weighted by Gasteiger charge is -2.33. The zero-order valence-electron chi connectivity index (χ0n) is 11.4. The van der Waals surface area contributed by atoms with Gasteiger partial charge in [0, 0.05) is 13.1 Å². The molecule has 1 aliphatic heterocycles. The molecule has 104 valence electrons. The Morgan fingerprint density at radius 3 is 2.74 bits per heavy atom. The van der Waals surface area contributed by atoms with Crippen LogP contribution in [0.4, 0.5) is 5.69 Å². The lowest BCUT2D eigenvalue weighted by molar-refractivity contribution is -0.148. The van der Waals surface area contributed by atoms with Crippen LogP contribution in [-0.4, -0.2) is 30.6 Å². The van der Waals surface area contributed by atoms with Gasteiger partial charge in [0.25, 0.3) is 0 Å². The summed E-state index contributed by atoms with van der Waals surface area (Å²) < 4.78 is 5.07. The van der Waals surface area contributed by atoms with Crippen LogP contribution in [0.3, 0.4) is 0 Å². The number of hydrogen-bond acceptors (Lipinski definition) is 4. The summed E-state index contributed by atoms with van der Waals surface area (Å²) in [5.74, 6) is -0.0233. The molecule has 0 radical (unpaired) electrons. The summed E-state index contributed by atoms with van der Waals surface area (Å²) in [4.78, 5) is 18.2. The molecule has 2 heterocycles. The van der Waals surface area contributed by atoms with Crippen LogP contribution in [-0.2, 0) is 9.53 Å². The highest BCUT2D eigenvalue weighted by atomic mass is 35.5. The number of hydrogen-bond donors (Lipinski definition) is 0. The molecule has 0 N–H and O–H groups in total. The minimum absolute atomic E-state index is 0.0387. The van der Waals surface area contributed by atoms with E-state index in [1.54, 1.807) is 6.07 Å². The van der Waals surface area contributed by atoms with Crippen molar-refractivity contribution in [2.75, 3.05) is 24.6 Å². The van der Waals surface area contributed by atoms with Crippen LogP contribution < -0.4 is 4.90 Å². The first-order valence-corrected chi connectivity index (χ1v) is 7.04. The fourth-order valence-corrected chi connectivity index (χ4v) is 2.66. The largest absolute Gasteiger partial charge is 0.466 e. The van der Waals surface area contributed by atoms with Crippen LogP contribution in [0, 0.1) is 12.8 Å². The van der Waals surface area contributed by atoms with E-state index in [-0.39, 0.29) is 11.9 Å². The first kappa shape index (κ1) is 14.1. The number of carbonyl (C=O) groups excluding carboxylic acids is 1. The van der Waals surface area contributed by atoms with Gasteiger partial charge in [-0.15, -0.1) is 0 Å². The Kier molecular flexibility index (Phi) is 4.64. The molecule has 1 aromatic rings. The molecule has 0 spiro atoms. The van der Waals surface area contributed by atoms with E-state index in [9.17, 15) is 4.79 Å². The van der Waals surface area contributed by atoms with E-state index in [0.717, 1.165) is 37.3 Å². The quantitative estimate of drug-likeness (QED) is 0.631. The van der Waals surface area contributed by atoms with Gasteiger partial charge in [-0.25, -0.2) is 4.98 Å². The van der Waals surface area contributed by atoms with Crippen LogP contribution in [0.25, 0.3) is 0 Å². The number of esters is 1. The van der Waals surface area contributed by atoms with Crippen molar-refractivity contribution < 1.29 is 9.53 Å². The Morgan fingerprint density at radius 1 is 1.47 bits per heavy atom. The second-order valence-corrected chi connectivity index (χ2v) is 5.14. The first-order valence-electron chi connectivity index (χ1n) is 6.66. The SMILES string of the molecule is CCOC(=O)C1CCN(c2ccc(Cl)nc2C)CC1. The molecule has 0 saturated carbocycles. The average molecular weight is 283 g/mol. The second kappa shape index (κ2) is 6.24. The summed E-state index contributed by atoms with van der Waals surface area (Å²) in [5, 5.41) is 0.516. The van der Waals surface area contributed by atoms with Gasteiger partial charge in [-0.3, -0.25) is 4.79 Å². The maximum Gasteiger partial charge on any atom is 0.309 e. The molecule has 0 amide bonds. The Balaban J connectivity index is 1.98. The highest BCUT2D eigenvalue weighted by Crippen LogP contribution is 2.26. The van der Waals surface area contributed by atoms with Gasteiger partial charge in [-0.2, -0.15) is 0 Å². The van der Waals surface area contributed by atoms with Crippen LogP contribution in [0.1, 0.15) is 25.5 Å². The standard InChI is InChI=1S/C14H19ClN2O2/c1-3-19-14(18)11-6-8-17(9-7-11)12-4-5-13(15)16-10(12)2/h4-5,11H,3,6-9H2,1-2H3. The van der Waals surface area contributed by atoms with E-state index in [1.807, 2.05) is 19.9 Å². The van der Waals surface area contributed by atoms with Gasteiger partial charge < -0.3 is 9.64 Å². The molecule has 5 heteroatoms. The molecule has 1 saturated heterocycles. The van der Waals surface area contributed by atoms with Crippen LogP contribution in [0.15, 0.2) is 12.1 Å². The van der Waals surface area contributed by atoms with E-state index in [0.29, 0.717) is 11.8 Å². The molecule has 0 aliphatic carbocycles. The number of aryl methyl sites for hydroxylation is 1. The normalized spacial score (nSPS) is 16.5. The van der Waals surface area contributed by atoms with Gasteiger partial charge >= 0.3 is 5.97 Å². The number of pyridine rings is 1. The van der Waals surface area contributed by atoms with Crippen molar-refractivity contribution in [3.8, 4) is 0 Å². The number of rotatable bonds is 3. The molecule has 1 fully saturated rings. The van der Waals surface area contributed by atoms with Gasteiger partial charge in [-0.05, 0) is 38.8 Å². The molecule has 4 nitrogen and oxygen atoms in total. The molecule has 1 aromatic heterocycles. The van der Waals surface area contributed by atoms with Crippen molar-refractivity contribution in [3.05, 3.63) is 23.0 Å². The fourth-order valence-electron chi connectivity index (χ4n) is 2.47. The fraction of sp³-hybridized carbons (Fsp3) is 0.571. The van der Waals surface area contributed by atoms with Crippen molar-refractivity contribution in [1.82, 2.24) is 4.98 Å². The van der Waals surface area contributed by atoms with E-state index >= 15 is 0 Å². The van der Waals surface area contributed by atoms with Crippen molar-refractivity contribution in [1.29, 1.82) is 0 Å². The third-order valence-corrected chi connectivity index (χ3v) is 3.69. The smallest absolute Gasteiger partial charge is 0.309 e. The molecule has 2 rings (SSSR count). The summed E-state index contributed by atoms with van der Waals surface area (Å²) in [7, 11) is 0. The number of piperidine rings is 1. The van der Waals surface area contributed by atoms with Crippen molar-refractivity contribution in [2.45, 2.75) is 26.7 Å². The van der Waals surface area contributed by atoms with E-state index in [2.05, 4.69) is 9.88 Å². The highest BCUT2D eigenvalue weighted by molar-refractivity contribution is 6.29. The second-order valence-electron chi connectivity index (χ2n) is 4.75. The van der Waals surface area contributed by atoms with Crippen molar-refractivity contribution in [2.24, 2.45) is 5.92 Å². The highest BCUT2D eigenvalue weighted by Gasteiger charge is 2.26. The predicted octanol–water partition coefficient (Wildman–Crippen LogP) is 2.82. The molecule has 0 unspecified atom stereocenters. The van der Waals surface area contributed by atoms with Crippen LogP contribution >= 0.6 is 11.6 Å². The van der Waals surface area contributed by atoms with Gasteiger partial charge in [0.05, 0.1) is 23.9 Å². The lowest BCUT2D eigenvalue weighted by Crippen LogP contribution is -2.37. The molecule has 0 bridgehead atoms. The Bertz CT molecular complexity index is 457. The summed E-state index contributed by atoms with van der Waals surface area (Å²) in [6, 6.07) is 3.80. The maximum absolute atomic E-state index is 11.7. The third kappa shape index (κ3) is 3.38. The van der Waals surface area contributed by atoms with E-state index in [4.69, 9.17) is 16.3 Å². The van der Waals surface area contributed by atoms with Gasteiger partial charge in [0.15, 0.2) is 0 Å². The number of halogens is 1. The van der Waals surface area contributed by atoms with Crippen molar-refractivity contribution in [3.63, 3.8) is 0 Å². The van der Waals surface area contributed by atoms with Crippen molar-refractivity contribution >= 4 is 23.3 Å². The Labute approximate surface area is 118 Å². The Morgan fingerprint density at radius 2 is 2.16 bits per heavy atom. The number of carbonyl (C=O) groups is 1. The number of anilines is 1. The topological polar surface area (TPSA) is 42.4 Å². The summed E-state index contributed by atoms with van der Waals surface area (Å²) >= 11 is 5.86. The van der Waals surface area contributed by atoms with E-state index < -0.39 is 0 Å². The molecule has 1 aliphatic rings. The summed E-state index contributed by atoms with van der Waals surface area (Å²) in [5.41, 5.74) is 2.04. The molecule has 0 atom stereocenters. The molecule has 19 heavy (non-hydrogen) atoms. The number of nitrogens with zero attached hydrogens (tertiary/aromatic N) is 2. The minimum Gasteiger partial charge on any atom is -0.466 e. The van der Waals surface area contributed by atoms with Crippen LogP contribution in [0.5, 0.6) is 0 Å². The van der Waals surface area contributed by atoms with Gasteiger partial charge in [-0.1, -0.05) is 11.6 Å². The average Bonchev–Trinajstić information content (AvgIpc) is 2.39.